The fourth-order valence-corrected chi connectivity index (χ4v) is 5.35. The molecule has 0 radical (unpaired) electrons. The van der Waals surface area contributed by atoms with Crippen LogP contribution in [0.5, 0.6) is 0 Å². The van der Waals surface area contributed by atoms with Gasteiger partial charge in [-0.1, -0.05) is 13.8 Å². The molecule has 0 bridgehead atoms. The minimum atomic E-state index is -0.588. The Morgan fingerprint density at radius 2 is 1.70 bits per heavy atom. The molecule has 0 amide bonds. The molecule has 0 spiro atoms. The Hall–Kier alpha value is -0.180. The minimum absolute atomic E-state index is 0.246. The van der Waals surface area contributed by atoms with Crippen molar-refractivity contribution in [1.82, 2.24) is 4.90 Å². The highest BCUT2D eigenvalue weighted by molar-refractivity contribution is 4.98. The zero-order chi connectivity index (χ0) is 14.4. The van der Waals surface area contributed by atoms with Gasteiger partial charge in [-0.25, -0.2) is 8.78 Å². The summed E-state index contributed by atoms with van der Waals surface area (Å²) in [7, 11) is 2.15. The molecule has 1 saturated heterocycles. The fraction of sp³-hybridized carbons (Fsp3) is 1.00. The van der Waals surface area contributed by atoms with Crippen LogP contribution in [-0.2, 0) is 0 Å². The summed E-state index contributed by atoms with van der Waals surface area (Å²) in [6, 6.07) is 0.419. The van der Waals surface area contributed by atoms with Crippen LogP contribution in [0.3, 0.4) is 0 Å². The average Bonchev–Trinajstić information content (AvgIpc) is 2.71. The van der Waals surface area contributed by atoms with Crippen LogP contribution in [0.4, 0.5) is 8.78 Å². The molecule has 3 aliphatic rings. The Bertz CT molecular complexity index is 340. The molecule has 4 unspecified atom stereocenters. The second kappa shape index (κ2) is 5.55. The van der Waals surface area contributed by atoms with Gasteiger partial charge >= 0.3 is 0 Å². The molecule has 8 atom stereocenters. The number of piperidine rings is 1. The highest BCUT2D eigenvalue weighted by Crippen LogP contribution is 2.47. The number of nitrogens with zero attached hydrogens (tertiary/aromatic N) is 1. The van der Waals surface area contributed by atoms with Crippen LogP contribution in [0.1, 0.15) is 46.0 Å². The summed E-state index contributed by atoms with van der Waals surface area (Å²) < 4.78 is 27.4. The molecular weight excluding hydrogens is 256 g/mol. The average molecular weight is 285 g/mol. The lowest BCUT2D eigenvalue weighted by molar-refractivity contribution is -0.0474. The Balaban J connectivity index is 1.59. The highest BCUT2D eigenvalue weighted by Gasteiger charge is 2.47. The molecule has 2 aliphatic carbocycles. The van der Waals surface area contributed by atoms with E-state index in [1.807, 2.05) is 0 Å². The van der Waals surface area contributed by atoms with Gasteiger partial charge in [-0.2, -0.15) is 0 Å². The van der Waals surface area contributed by atoms with Crippen molar-refractivity contribution >= 4 is 0 Å². The molecule has 116 valence electrons. The van der Waals surface area contributed by atoms with Gasteiger partial charge in [0.2, 0.25) is 0 Å². The molecule has 3 fully saturated rings. The summed E-state index contributed by atoms with van der Waals surface area (Å²) >= 11 is 0. The molecule has 1 heterocycles. The summed E-state index contributed by atoms with van der Waals surface area (Å²) in [5.41, 5.74) is 0. The summed E-state index contributed by atoms with van der Waals surface area (Å²) in [4.78, 5) is 2.39. The van der Waals surface area contributed by atoms with Crippen molar-refractivity contribution in [3.8, 4) is 0 Å². The van der Waals surface area contributed by atoms with Gasteiger partial charge in [0.1, 0.15) is 12.3 Å². The maximum Gasteiger partial charge on any atom is 0.105 e. The van der Waals surface area contributed by atoms with Gasteiger partial charge in [0, 0.05) is 18.5 Å². The van der Waals surface area contributed by atoms with Gasteiger partial charge in [0.15, 0.2) is 0 Å². The van der Waals surface area contributed by atoms with E-state index in [-0.39, 0.29) is 5.92 Å². The maximum atomic E-state index is 13.8. The first kappa shape index (κ1) is 14.7. The second-order valence-electron chi connectivity index (χ2n) is 7.86. The van der Waals surface area contributed by atoms with Gasteiger partial charge in [0.25, 0.3) is 0 Å². The van der Waals surface area contributed by atoms with Gasteiger partial charge in [0.05, 0.1) is 0 Å². The van der Waals surface area contributed by atoms with E-state index in [0.717, 1.165) is 32.2 Å². The summed E-state index contributed by atoms with van der Waals surface area (Å²) in [6.07, 6.45) is 3.37. The first-order valence-corrected chi connectivity index (χ1v) is 8.45. The number of halogens is 2. The lowest BCUT2D eigenvalue weighted by Gasteiger charge is -2.50. The largest absolute Gasteiger partial charge is 0.303 e. The second-order valence-corrected chi connectivity index (χ2v) is 7.86. The first-order valence-electron chi connectivity index (χ1n) is 8.45. The molecule has 3 heteroatoms. The predicted octanol–water partition coefficient (Wildman–Crippen LogP) is 4.08. The van der Waals surface area contributed by atoms with Crippen LogP contribution in [-0.4, -0.2) is 36.9 Å². The van der Waals surface area contributed by atoms with E-state index in [4.69, 9.17) is 0 Å². The van der Waals surface area contributed by atoms with Crippen LogP contribution in [0.15, 0.2) is 0 Å². The monoisotopic (exact) mass is 285 g/mol. The topological polar surface area (TPSA) is 3.24 Å². The van der Waals surface area contributed by atoms with E-state index in [2.05, 4.69) is 25.8 Å². The van der Waals surface area contributed by atoms with E-state index in [0.29, 0.717) is 29.7 Å². The van der Waals surface area contributed by atoms with Crippen molar-refractivity contribution in [2.45, 2.75) is 64.3 Å². The van der Waals surface area contributed by atoms with Crippen molar-refractivity contribution < 1.29 is 8.78 Å². The Morgan fingerprint density at radius 1 is 0.950 bits per heavy atom. The third-order valence-electron chi connectivity index (χ3n) is 6.53. The Morgan fingerprint density at radius 3 is 2.20 bits per heavy atom. The molecule has 0 aromatic rings. The van der Waals surface area contributed by atoms with Crippen LogP contribution in [0.25, 0.3) is 0 Å². The van der Waals surface area contributed by atoms with E-state index >= 15 is 0 Å². The van der Waals surface area contributed by atoms with E-state index in [1.54, 1.807) is 0 Å². The predicted molar refractivity (Wildman–Crippen MR) is 78.1 cm³/mol. The number of hydrogen-bond donors (Lipinski definition) is 0. The van der Waals surface area contributed by atoms with Crippen LogP contribution in [0, 0.1) is 29.6 Å². The molecule has 0 aromatic heterocycles. The molecule has 2 saturated carbocycles. The number of likely N-dealkylation sites (tertiary alicyclic amines) is 1. The smallest absolute Gasteiger partial charge is 0.105 e. The summed E-state index contributed by atoms with van der Waals surface area (Å²) in [5, 5.41) is 0. The van der Waals surface area contributed by atoms with Crippen LogP contribution in [0.2, 0.25) is 0 Å². The number of rotatable bonds is 2. The Labute approximate surface area is 122 Å². The van der Waals surface area contributed by atoms with Gasteiger partial charge in [-0.05, 0) is 62.8 Å². The van der Waals surface area contributed by atoms with Crippen molar-refractivity contribution in [2.24, 2.45) is 29.6 Å². The van der Waals surface area contributed by atoms with Crippen molar-refractivity contribution in [3.63, 3.8) is 0 Å². The van der Waals surface area contributed by atoms with Crippen molar-refractivity contribution in [3.05, 3.63) is 0 Å². The molecule has 20 heavy (non-hydrogen) atoms. The highest BCUT2D eigenvalue weighted by atomic mass is 19.1. The van der Waals surface area contributed by atoms with Crippen LogP contribution < -0.4 is 0 Å². The fourth-order valence-electron chi connectivity index (χ4n) is 5.35. The lowest BCUT2D eigenvalue weighted by atomic mass is 9.65. The van der Waals surface area contributed by atoms with E-state index in [9.17, 15) is 8.78 Å². The zero-order valence-electron chi connectivity index (χ0n) is 13.1. The molecule has 1 nitrogen and oxygen atoms in total. The normalized spacial score (nSPS) is 53.9. The maximum absolute atomic E-state index is 13.8. The van der Waals surface area contributed by atoms with Crippen molar-refractivity contribution in [2.75, 3.05) is 13.6 Å². The number of hydrogen-bond acceptors (Lipinski definition) is 1. The third-order valence-corrected chi connectivity index (χ3v) is 6.53. The SMILES string of the molecule is C[C@@H]1C[C@@H](F)C1C1CCC(C2C[C@@H](F)C[C@@H]2C)CN1C. The molecule has 0 N–H and O–H groups in total. The molecule has 3 rings (SSSR count). The van der Waals surface area contributed by atoms with Crippen LogP contribution >= 0.6 is 0 Å². The van der Waals surface area contributed by atoms with Gasteiger partial charge in [-0.15, -0.1) is 0 Å². The first-order chi connectivity index (χ1) is 9.47. The van der Waals surface area contributed by atoms with E-state index < -0.39 is 12.3 Å². The molecule has 0 aromatic carbocycles. The minimum Gasteiger partial charge on any atom is -0.303 e. The quantitative estimate of drug-likeness (QED) is 0.739. The van der Waals surface area contributed by atoms with Crippen molar-refractivity contribution in [1.29, 1.82) is 0 Å². The zero-order valence-corrected chi connectivity index (χ0v) is 13.1. The van der Waals surface area contributed by atoms with Gasteiger partial charge in [-0.3, -0.25) is 0 Å². The number of alkyl halides is 2. The Kier molecular flexibility index (Phi) is 4.09. The van der Waals surface area contributed by atoms with E-state index in [1.165, 1.54) is 6.42 Å². The summed E-state index contributed by atoms with van der Waals surface area (Å²) in [6.45, 7) is 5.44. The lowest BCUT2D eigenvalue weighted by Crippen LogP contribution is -2.55. The molecular formula is C17H29F2N. The summed E-state index contributed by atoms with van der Waals surface area (Å²) in [5.74, 6) is 2.48. The molecule has 1 aliphatic heterocycles. The van der Waals surface area contributed by atoms with Gasteiger partial charge < -0.3 is 4.90 Å². The third kappa shape index (κ3) is 2.51. The standard InChI is InChI=1S/C17H29F2N/c1-10-6-13(18)8-14(10)12-4-5-16(20(3)9-12)17-11(2)7-15(17)19/h10-17H,4-9H2,1-3H3/t10-,11+,12?,13-,14?,15+,16?,17?/m0/s1.